The number of nitrogen functional groups attached to an aromatic ring is 1. The van der Waals surface area contributed by atoms with Crippen LogP contribution in [-0.4, -0.2) is 21.4 Å². The molecule has 0 atom stereocenters. The molecule has 1 aromatic heterocycles. The minimum Gasteiger partial charge on any atom is -0.430 e. The molecule has 0 aliphatic carbocycles. The Balaban J connectivity index is 2.40. The molecule has 0 saturated heterocycles. The van der Waals surface area contributed by atoms with E-state index in [1.54, 1.807) is 0 Å². The molecule has 0 radical (unpaired) electrons. The van der Waals surface area contributed by atoms with E-state index in [2.05, 4.69) is 15.3 Å². The fraction of sp³-hybridized carbons (Fsp3) is 0.167. The number of rotatable bonds is 5. The molecule has 2 aromatic rings. The van der Waals surface area contributed by atoms with Gasteiger partial charge in [-0.1, -0.05) is 17.7 Å². The number of anilines is 2. The monoisotopic (exact) mass is 309 g/mol. The second-order valence-electron chi connectivity index (χ2n) is 3.93. The van der Waals surface area contributed by atoms with E-state index in [1.807, 2.05) is 6.92 Å². The van der Waals surface area contributed by atoms with Gasteiger partial charge in [-0.2, -0.15) is 9.97 Å². The summed E-state index contributed by atoms with van der Waals surface area (Å²) in [5.41, 5.74) is 5.31. The highest BCUT2D eigenvalue weighted by molar-refractivity contribution is 6.32. The molecule has 8 nitrogen and oxygen atoms in total. The molecule has 2 rings (SSSR count). The summed E-state index contributed by atoms with van der Waals surface area (Å²) in [5, 5.41) is 14.0. The maximum absolute atomic E-state index is 11.0. The van der Waals surface area contributed by atoms with Gasteiger partial charge in [-0.25, -0.2) is 0 Å². The van der Waals surface area contributed by atoms with Crippen molar-refractivity contribution in [2.24, 2.45) is 0 Å². The van der Waals surface area contributed by atoms with Gasteiger partial charge >= 0.3 is 5.69 Å². The van der Waals surface area contributed by atoms with Gasteiger partial charge in [0.1, 0.15) is 5.82 Å². The van der Waals surface area contributed by atoms with Crippen LogP contribution in [0, 0.1) is 10.1 Å². The summed E-state index contributed by atoms with van der Waals surface area (Å²) in [6.45, 7) is 2.51. The van der Waals surface area contributed by atoms with Gasteiger partial charge in [-0.3, -0.25) is 10.1 Å². The Bertz CT molecular complexity index is 680. The quantitative estimate of drug-likeness (QED) is 0.644. The fourth-order valence-electron chi connectivity index (χ4n) is 1.61. The number of halogens is 1. The van der Waals surface area contributed by atoms with Gasteiger partial charge in [0.15, 0.2) is 0 Å². The second-order valence-corrected chi connectivity index (χ2v) is 4.33. The molecule has 1 heterocycles. The van der Waals surface area contributed by atoms with Crippen LogP contribution in [-0.2, 0) is 0 Å². The standard InChI is InChI=1S/C12H12ClN5O3/c1-2-15-9-6-10(17-12(14)16-9)21-11-7(13)4-3-5-8(11)18(19)20/h3-6H,2H2,1H3,(H3,14,15,16,17). The molecule has 0 aliphatic rings. The van der Waals surface area contributed by atoms with Crippen molar-refractivity contribution >= 4 is 29.1 Å². The van der Waals surface area contributed by atoms with E-state index < -0.39 is 4.92 Å². The highest BCUT2D eigenvalue weighted by atomic mass is 35.5. The highest BCUT2D eigenvalue weighted by Crippen LogP contribution is 2.37. The maximum atomic E-state index is 11.0. The summed E-state index contributed by atoms with van der Waals surface area (Å²) >= 11 is 5.94. The Hall–Kier alpha value is -2.61. The van der Waals surface area contributed by atoms with Crippen molar-refractivity contribution in [1.82, 2.24) is 9.97 Å². The lowest BCUT2D eigenvalue weighted by Gasteiger charge is -2.09. The summed E-state index contributed by atoms with van der Waals surface area (Å²) in [5.74, 6) is 0.409. The average Bonchev–Trinajstić information content (AvgIpc) is 2.40. The lowest BCUT2D eigenvalue weighted by molar-refractivity contribution is -0.385. The van der Waals surface area contributed by atoms with Gasteiger partial charge in [-0.05, 0) is 13.0 Å². The van der Waals surface area contributed by atoms with Crippen molar-refractivity contribution in [3.8, 4) is 11.6 Å². The summed E-state index contributed by atoms with van der Waals surface area (Å²) in [6, 6.07) is 5.72. The van der Waals surface area contributed by atoms with E-state index in [0.29, 0.717) is 12.4 Å². The molecule has 0 bridgehead atoms. The molecule has 0 amide bonds. The zero-order valence-corrected chi connectivity index (χ0v) is 11.8. The number of nitro benzene ring substituents is 1. The third-order valence-corrected chi connectivity index (χ3v) is 2.72. The Kier molecular flexibility index (Phi) is 4.39. The normalized spacial score (nSPS) is 10.2. The molecule has 0 aliphatic heterocycles. The number of nitrogens with zero attached hydrogens (tertiary/aromatic N) is 3. The van der Waals surface area contributed by atoms with Crippen molar-refractivity contribution < 1.29 is 9.66 Å². The van der Waals surface area contributed by atoms with Crippen LogP contribution in [0.2, 0.25) is 5.02 Å². The van der Waals surface area contributed by atoms with Crippen molar-refractivity contribution in [3.05, 3.63) is 39.4 Å². The first-order valence-electron chi connectivity index (χ1n) is 6.00. The van der Waals surface area contributed by atoms with Crippen molar-refractivity contribution in [2.75, 3.05) is 17.6 Å². The molecular formula is C12H12ClN5O3. The number of nitrogens with two attached hydrogens (primary N) is 1. The van der Waals surface area contributed by atoms with Crippen LogP contribution in [0.1, 0.15) is 6.92 Å². The van der Waals surface area contributed by atoms with Crippen molar-refractivity contribution in [3.63, 3.8) is 0 Å². The van der Waals surface area contributed by atoms with E-state index in [-0.39, 0.29) is 28.3 Å². The fourth-order valence-corrected chi connectivity index (χ4v) is 1.82. The predicted molar refractivity (Wildman–Crippen MR) is 78.8 cm³/mol. The number of nitro groups is 1. The number of benzene rings is 1. The van der Waals surface area contributed by atoms with Crippen LogP contribution in [0.4, 0.5) is 17.5 Å². The van der Waals surface area contributed by atoms with Crippen LogP contribution < -0.4 is 15.8 Å². The lowest BCUT2D eigenvalue weighted by atomic mass is 10.3. The number of nitrogens with one attached hydrogen (secondary N) is 1. The SMILES string of the molecule is CCNc1cc(Oc2c(Cl)cccc2[N+](=O)[O-])nc(N)n1. The van der Waals surface area contributed by atoms with E-state index in [0.717, 1.165) is 0 Å². The number of aromatic nitrogens is 2. The first-order chi connectivity index (χ1) is 10.0. The highest BCUT2D eigenvalue weighted by Gasteiger charge is 2.20. The molecule has 3 N–H and O–H groups in total. The van der Waals surface area contributed by atoms with E-state index in [4.69, 9.17) is 22.1 Å². The summed E-state index contributed by atoms with van der Waals surface area (Å²) in [4.78, 5) is 18.2. The first-order valence-corrected chi connectivity index (χ1v) is 6.38. The molecule has 110 valence electrons. The molecule has 0 unspecified atom stereocenters. The van der Waals surface area contributed by atoms with E-state index in [9.17, 15) is 10.1 Å². The molecule has 0 spiro atoms. The second kappa shape index (κ2) is 6.23. The number of para-hydroxylation sites is 1. The lowest BCUT2D eigenvalue weighted by Crippen LogP contribution is -2.04. The number of hydrogen-bond acceptors (Lipinski definition) is 7. The Morgan fingerprint density at radius 2 is 2.24 bits per heavy atom. The minimum atomic E-state index is -0.586. The Labute approximate surface area is 125 Å². The van der Waals surface area contributed by atoms with Crippen LogP contribution >= 0.6 is 11.6 Å². The topological polar surface area (TPSA) is 116 Å². The van der Waals surface area contributed by atoms with E-state index in [1.165, 1.54) is 24.3 Å². The molecule has 0 saturated carbocycles. The average molecular weight is 310 g/mol. The van der Waals surface area contributed by atoms with Gasteiger partial charge in [0, 0.05) is 18.7 Å². The molecule has 1 aromatic carbocycles. The molecule has 21 heavy (non-hydrogen) atoms. The van der Waals surface area contributed by atoms with E-state index >= 15 is 0 Å². The van der Waals surface area contributed by atoms with Gasteiger partial charge in [0.05, 0.1) is 9.95 Å². The summed E-state index contributed by atoms with van der Waals surface area (Å²) in [7, 11) is 0. The smallest absolute Gasteiger partial charge is 0.313 e. The van der Waals surface area contributed by atoms with Crippen molar-refractivity contribution in [2.45, 2.75) is 6.92 Å². The van der Waals surface area contributed by atoms with Gasteiger partial charge in [-0.15, -0.1) is 0 Å². The molecule has 9 heteroatoms. The third-order valence-electron chi connectivity index (χ3n) is 2.43. The largest absolute Gasteiger partial charge is 0.430 e. The molecule has 0 fully saturated rings. The van der Waals surface area contributed by atoms with Gasteiger partial charge < -0.3 is 15.8 Å². The summed E-state index contributed by atoms with van der Waals surface area (Å²) in [6.07, 6.45) is 0. The summed E-state index contributed by atoms with van der Waals surface area (Å²) < 4.78 is 5.42. The van der Waals surface area contributed by atoms with Crippen molar-refractivity contribution in [1.29, 1.82) is 0 Å². The van der Waals surface area contributed by atoms with Crippen LogP contribution in [0.15, 0.2) is 24.3 Å². The number of ether oxygens (including phenoxy) is 1. The minimum absolute atomic E-state index is 0.0156. The van der Waals surface area contributed by atoms with Crippen LogP contribution in [0.5, 0.6) is 11.6 Å². The predicted octanol–water partition coefficient (Wildman–Crippen LogP) is 2.84. The zero-order chi connectivity index (χ0) is 15.4. The number of hydrogen-bond donors (Lipinski definition) is 2. The Morgan fingerprint density at radius 3 is 2.90 bits per heavy atom. The third kappa shape index (κ3) is 3.48. The Morgan fingerprint density at radius 1 is 1.48 bits per heavy atom. The molecular weight excluding hydrogens is 298 g/mol. The first kappa shape index (κ1) is 14.8. The zero-order valence-electron chi connectivity index (χ0n) is 11.0. The maximum Gasteiger partial charge on any atom is 0.313 e. The van der Waals surface area contributed by atoms with Gasteiger partial charge in [0.2, 0.25) is 17.6 Å². The van der Waals surface area contributed by atoms with Crippen LogP contribution in [0.25, 0.3) is 0 Å². The van der Waals surface area contributed by atoms with Gasteiger partial charge in [0.25, 0.3) is 0 Å². The van der Waals surface area contributed by atoms with Crippen LogP contribution in [0.3, 0.4) is 0 Å².